The van der Waals surface area contributed by atoms with E-state index in [1.165, 1.54) is 28.1 Å². The van der Waals surface area contributed by atoms with Gasteiger partial charge in [-0.15, -0.1) is 23.2 Å². The molecule has 15 heterocycles. The number of aldehydes is 1. The lowest BCUT2D eigenvalue weighted by Gasteiger charge is -2.23. The van der Waals surface area contributed by atoms with Crippen molar-refractivity contribution in [2.75, 3.05) is 12.0 Å². The number of nitrogens with zero attached hydrogens (tertiary/aromatic N) is 15. The fourth-order valence-corrected chi connectivity index (χ4v) is 17.2. The number of hydrogen-bond donors (Lipinski definition) is 4. The molecule has 13 aromatic heterocycles. The van der Waals surface area contributed by atoms with E-state index in [0.29, 0.717) is 149 Å². The first kappa shape index (κ1) is 102. The number of rotatable bonds is 19. The van der Waals surface area contributed by atoms with Gasteiger partial charge in [-0.3, -0.25) is 73.7 Å². The Morgan fingerprint density at radius 2 is 0.816 bits per heavy atom. The van der Waals surface area contributed by atoms with Gasteiger partial charge >= 0.3 is 0 Å². The van der Waals surface area contributed by atoms with Gasteiger partial charge in [-0.05, 0) is 179 Å². The Balaban J connectivity index is 0.000000142. The maximum absolute atomic E-state index is 13.1. The quantitative estimate of drug-likeness (QED) is 0.0253. The summed E-state index contributed by atoms with van der Waals surface area (Å²) < 4.78 is 40.6. The van der Waals surface area contributed by atoms with Crippen LogP contribution in [0, 0.1) is 7.14 Å². The molecule has 0 saturated heterocycles. The largest absolute Gasteiger partial charge is 0.390 e. The first-order valence-electron chi connectivity index (χ1n) is 43.6. The van der Waals surface area contributed by atoms with Crippen LogP contribution in [0.1, 0.15) is 165 Å². The van der Waals surface area contributed by atoms with E-state index < -0.39 is 22.3 Å². The van der Waals surface area contributed by atoms with Crippen molar-refractivity contribution >= 4 is 119 Å². The minimum absolute atomic E-state index is 0.0241. The Morgan fingerprint density at radius 1 is 0.434 bits per heavy atom. The molecule has 2 aliphatic rings. The van der Waals surface area contributed by atoms with E-state index in [9.17, 15) is 57.0 Å². The van der Waals surface area contributed by atoms with Crippen molar-refractivity contribution in [3.8, 4) is 0 Å². The average molecular weight is 2120 g/mol. The first-order valence-corrected chi connectivity index (χ1v) is 48.6. The molecule has 136 heavy (non-hydrogen) atoms. The lowest BCUT2D eigenvalue weighted by atomic mass is 10.00. The molecule has 19 rings (SSSR count). The summed E-state index contributed by atoms with van der Waals surface area (Å²) in [4.78, 5) is 131. The number of aliphatic hydroxyl groups is 3. The number of aryl methyl sites for hydroxylation is 2. The molecule has 2 atom stereocenters. The number of pyridine rings is 6. The topological polar surface area (TPSA) is 402 Å². The van der Waals surface area contributed by atoms with Crippen molar-refractivity contribution in [3.05, 3.63) is 449 Å². The van der Waals surface area contributed by atoms with E-state index >= 15 is 0 Å². The Hall–Kier alpha value is -13.1. The molecule has 5 N–H and O–H groups in total. The molecule has 2 aliphatic heterocycles. The second-order valence-corrected chi connectivity index (χ2v) is 35.3. The van der Waals surface area contributed by atoms with Crippen LogP contribution >= 0.6 is 68.4 Å². The summed E-state index contributed by atoms with van der Waals surface area (Å²) in [5, 5.41) is 28.8. The number of aliphatic hydroxyl groups excluding tert-OH is 3. The number of aromatic nitrogens is 15. The molecule has 700 valence electrons. The van der Waals surface area contributed by atoms with Crippen LogP contribution in [0.3, 0.4) is 0 Å². The third-order valence-electron chi connectivity index (χ3n) is 21.6. The highest BCUT2D eigenvalue weighted by Gasteiger charge is 2.28. The fraction of sp³-hybridized carbons (Fsp3) is 0.228. The van der Waals surface area contributed by atoms with E-state index in [1.807, 2.05) is 211 Å². The summed E-state index contributed by atoms with van der Waals surface area (Å²) in [6, 6.07) is 72.5. The van der Waals surface area contributed by atoms with Crippen LogP contribution in [0.2, 0.25) is 0 Å². The number of alkyl halides is 2. The van der Waals surface area contributed by atoms with E-state index in [0.717, 1.165) is 85.2 Å². The molecule has 0 amide bonds. The number of carbonyl (C=O) groups is 1. The number of halogens is 4. The van der Waals surface area contributed by atoms with Crippen LogP contribution in [-0.4, -0.2) is 107 Å². The predicted octanol–water partition coefficient (Wildman–Crippen LogP) is 14.0. The molecule has 0 fully saturated rings. The Labute approximate surface area is 818 Å². The van der Waals surface area contributed by atoms with Crippen molar-refractivity contribution in [2.24, 2.45) is 0 Å². The Bertz CT molecular complexity index is 7480. The second kappa shape index (κ2) is 49.9. The van der Waals surface area contributed by atoms with E-state index in [1.54, 1.807) is 125 Å². The summed E-state index contributed by atoms with van der Waals surface area (Å²) in [6.07, 6.45) is 18.7. The maximum atomic E-state index is 13.1. The SMILES string of the molecule is CCC(O)c1nc2n(c(=O)c1Cc1ccccc1)CCCC2.CCC(OS(C)(=O)=O)c1nc2n(c(=O)c1Cc1ccccc1)CCCC2.Nc1ccccn1.O=Cc1nc2ccccn2c(=O)c1Cc1ccccc1.O=c1c(Cc2ccccc2)c(CO)nc2ccccn12.O=c1c(I)c(CCl)nc2ccccn12.O=c1c(I)c(CO)nc2ccccn12.O=c1cc(CCl)nc2ccccn12. The van der Waals surface area contributed by atoms with Crippen LogP contribution in [-0.2, 0) is 90.9 Å². The standard InChI is InChI=1S/C19H24N2O4S.C18H22N2O2.C16H14N2O2.C16H12N2O2.C9H6ClIN2O.C9H7ClN2O.C9H7IN2O2.C5H6N2/c1-3-16(25-26(2,23)24)18-15(13-14-9-5-4-6-10-14)19(22)21-12-8-7-11-17(21)20-18;1-2-15(21)17-14(12-13-8-4-3-5-9-13)18(22)20-11-7-6-10-16(20)19-17;2*19-11-14-13(10-12-6-2-1-3-7-12)16(20)18-9-5-4-8-15(18)17-14;10-5-6-8(11)9(14)13-4-2-1-3-7(13)12-6;10-6-7-5-9(13)12-4-2-1-3-8(12)11-7;10-8-6(5-13)11-7-3-1-2-4-12(7)9(8)14;6-5-3-1-2-4-7-5/h4-6,9-10,16H,3,7-8,11-13H2,1-2H3;3-5,8-9,15,21H,2,6-7,10-12H2,1H3;1-9,19H,10-11H2;1-9,11H,10H2;1-4H,5H2;1-5H,6H2;1-4,13H,5H2;1-4H,(H2,6,7). The number of nitrogens with two attached hydrogens (primary N) is 1. The number of benzene rings is 4. The third kappa shape index (κ3) is 26.7. The van der Waals surface area contributed by atoms with Gasteiger partial charge in [0, 0.05) is 112 Å². The average Bonchev–Trinajstić information content (AvgIpc) is 0.793. The highest BCUT2D eigenvalue weighted by Crippen LogP contribution is 2.28. The van der Waals surface area contributed by atoms with Gasteiger partial charge in [0.05, 0.1) is 77.1 Å². The molecule has 2 unspecified atom stereocenters. The van der Waals surface area contributed by atoms with Crippen molar-refractivity contribution in [3.63, 3.8) is 0 Å². The van der Waals surface area contributed by atoms with Gasteiger partial charge in [-0.1, -0.05) is 172 Å². The van der Waals surface area contributed by atoms with Gasteiger partial charge in [0.25, 0.3) is 49.0 Å². The fourth-order valence-electron chi connectivity index (χ4n) is 14.9. The highest BCUT2D eigenvalue weighted by molar-refractivity contribution is 14.1. The van der Waals surface area contributed by atoms with Crippen LogP contribution in [0.15, 0.2) is 307 Å². The Kier molecular flexibility index (Phi) is 37.4. The number of carbonyl (C=O) groups excluding carboxylic acids is 1. The van der Waals surface area contributed by atoms with Gasteiger partial charge < -0.3 is 21.1 Å². The zero-order valence-electron chi connectivity index (χ0n) is 74.5. The van der Waals surface area contributed by atoms with E-state index in [2.05, 4.69) is 34.9 Å². The smallest absolute Gasteiger partial charge is 0.271 e. The number of anilines is 1. The minimum atomic E-state index is -3.66. The zero-order valence-corrected chi connectivity index (χ0v) is 81.1. The summed E-state index contributed by atoms with van der Waals surface area (Å²) >= 11 is 15.1. The van der Waals surface area contributed by atoms with Crippen molar-refractivity contribution in [1.29, 1.82) is 0 Å². The van der Waals surface area contributed by atoms with Gasteiger partial charge in [0.1, 0.15) is 64.6 Å². The molecule has 0 bridgehead atoms. The molecule has 35 heteroatoms. The summed E-state index contributed by atoms with van der Waals surface area (Å²) in [6.45, 7) is 4.71. The summed E-state index contributed by atoms with van der Waals surface area (Å²) in [5.74, 6) is 2.65. The van der Waals surface area contributed by atoms with Gasteiger partial charge in [0.2, 0.25) is 0 Å². The third-order valence-corrected chi connectivity index (χ3v) is 24.9. The Morgan fingerprint density at radius 3 is 1.22 bits per heavy atom. The van der Waals surface area contributed by atoms with Gasteiger partial charge in [0.15, 0.2) is 6.29 Å². The molecule has 30 nitrogen and oxygen atoms in total. The number of hydrogen-bond acceptors (Lipinski definition) is 23. The molecule has 0 aliphatic carbocycles. The number of nitrogen functional groups attached to an aromatic ring is 1. The van der Waals surface area contributed by atoms with Crippen LogP contribution in [0.25, 0.3) is 28.2 Å². The van der Waals surface area contributed by atoms with Crippen molar-refractivity contribution in [1.82, 2.24) is 71.0 Å². The predicted molar refractivity (Wildman–Crippen MR) is 542 cm³/mol. The summed E-state index contributed by atoms with van der Waals surface area (Å²) in [7, 11) is -3.66. The van der Waals surface area contributed by atoms with E-state index in [4.69, 9.17) is 43.2 Å². The number of fused-ring (bicyclic) bond motifs is 7. The second-order valence-electron chi connectivity index (χ2n) is 31.0. The normalized spacial score (nSPS) is 12.2. The molecule has 17 aromatic rings. The monoisotopic (exact) mass is 2110 g/mol. The molecule has 4 aromatic carbocycles. The van der Waals surface area contributed by atoms with Gasteiger partial charge in [-0.2, -0.15) is 8.42 Å². The van der Waals surface area contributed by atoms with Crippen molar-refractivity contribution < 1.29 is 32.7 Å². The first-order chi connectivity index (χ1) is 65.8. The highest BCUT2D eigenvalue weighted by atomic mass is 127. The minimum Gasteiger partial charge on any atom is -0.390 e. The summed E-state index contributed by atoms with van der Waals surface area (Å²) in [5.41, 5.74) is 17.0. The lowest BCUT2D eigenvalue weighted by Crippen LogP contribution is -2.33. The zero-order chi connectivity index (χ0) is 96.8. The van der Waals surface area contributed by atoms with Gasteiger partial charge in [-0.25, -0.2) is 39.9 Å². The molecular formula is C101H98Cl2I2N16O14S. The molecule has 0 radical (unpaired) electrons. The van der Waals surface area contributed by atoms with Crippen LogP contribution < -0.4 is 44.6 Å². The van der Waals surface area contributed by atoms with E-state index in [-0.39, 0.29) is 69.6 Å². The lowest BCUT2D eigenvalue weighted by molar-refractivity contribution is 0.111. The molecular weight excluding hydrogens is 2020 g/mol. The van der Waals surface area contributed by atoms with Crippen LogP contribution in [0.4, 0.5) is 5.82 Å². The molecule has 0 spiro atoms. The maximum Gasteiger partial charge on any atom is 0.271 e. The van der Waals surface area contributed by atoms with Crippen molar-refractivity contribution in [2.45, 2.75) is 141 Å². The van der Waals surface area contributed by atoms with Crippen LogP contribution in [0.5, 0.6) is 0 Å². The molecule has 0 saturated carbocycles.